The van der Waals surface area contributed by atoms with Gasteiger partial charge >= 0.3 is 5.97 Å². The number of rotatable bonds is 1. The van der Waals surface area contributed by atoms with E-state index in [2.05, 4.69) is 32.3 Å². The summed E-state index contributed by atoms with van der Waals surface area (Å²) >= 11 is 0. The molecule has 1 fully saturated rings. The highest BCUT2D eigenvalue weighted by molar-refractivity contribution is 6.36. The van der Waals surface area contributed by atoms with Crippen LogP contribution in [0.1, 0.15) is 16.9 Å². The minimum Gasteiger partial charge on any atom is -0.465 e. The fraction of sp³-hybridized carbons (Fsp3) is 0.462. The molecule has 0 spiro atoms. The molecule has 0 N–H and O–H groups in total. The van der Waals surface area contributed by atoms with Crippen molar-refractivity contribution >= 4 is 13.2 Å². The van der Waals surface area contributed by atoms with Gasteiger partial charge in [0.25, 0.3) is 0 Å². The van der Waals surface area contributed by atoms with Crippen molar-refractivity contribution in [3.8, 4) is 0 Å². The first-order chi connectivity index (χ1) is 7.81. The number of esters is 1. The third-order valence-corrected chi connectivity index (χ3v) is 3.91. The summed E-state index contributed by atoms with van der Waals surface area (Å²) in [6.07, 6.45) is 0.851. The smallest absolute Gasteiger partial charge is 0.309 e. The van der Waals surface area contributed by atoms with Gasteiger partial charge in [0.05, 0.1) is 12.5 Å². The Balaban J connectivity index is 2.06. The summed E-state index contributed by atoms with van der Waals surface area (Å²) in [5.41, 5.74) is 2.69. The Morgan fingerprint density at radius 3 is 3.00 bits per heavy atom. The van der Waals surface area contributed by atoms with Gasteiger partial charge in [0.1, 0.15) is 7.28 Å². The van der Waals surface area contributed by atoms with Crippen molar-refractivity contribution in [1.82, 2.24) is 0 Å². The second-order valence-corrected chi connectivity index (χ2v) is 4.66. The van der Waals surface area contributed by atoms with Crippen LogP contribution >= 0.6 is 0 Å². The van der Waals surface area contributed by atoms with Gasteiger partial charge in [-0.25, -0.2) is 0 Å². The number of hydrogen-bond donors (Lipinski definition) is 0. The Hall–Kier alpha value is -1.25. The van der Waals surface area contributed by atoms with Crippen molar-refractivity contribution in [2.24, 2.45) is 11.8 Å². The zero-order chi connectivity index (χ0) is 11.1. The SMILES string of the molecule is C[B]C1c2ccccc2C[C@@H]2C(=O)OC[C@H]12. The van der Waals surface area contributed by atoms with Crippen molar-refractivity contribution in [2.45, 2.75) is 19.1 Å². The Labute approximate surface area is 96.2 Å². The first-order valence-corrected chi connectivity index (χ1v) is 5.85. The van der Waals surface area contributed by atoms with Gasteiger partial charge in [-0.05, 0) is 23.4 Å². The fourth-order valence-electron chi connectivity index (χ4n) is 3.10. The lowest BCUT2D eigenvalue weighted by atomic mass is 9.53. The highest BCUT2D eigenvalue weighted by Gasteiger charge is 2.44. The van der Waals surface area contributed by atoms with E-state index >= 15 is 0 Å². The molecule has 2 aliphatic rings. The summed E-state index contributed by atoms with van der Waals surface area (Å²) in [5, 5.41) is 0. The molecule has 0 amide bonds. The zero-order valence-corrected chi connectivity index (χ0v) is 9.35. The molecule has 3 rings (SSSR count). The van der Waals surface area contributed by atoms with Crippen LogP contribution in [0.15, 0.2) is 24.3 Å². The van der Waals surface area contributed by atoms with Crippen molar-refractivity contribution in [3.63, 3.8) is 0 Å². The minimum absolute atomic E-state index is 0.00801. The van der Waals surface area contributed by atoms with Gasteiger partial charge in [-0.3, -0.25) is 4.79 Å². The highest BCUT2D eigenvalue weighted by atomic mass is 16.5. The zero-order valence-electron chi connectivity index (χ0n) is 9.35. The molecule has 16 heavy (non-hydrogen) atoms. The molecule has 1 heterocycles. The van der Waals surface area contributed by atoms with E-state index in [1.165, 1.54) is 11.1 Å². The molecule has 0 saturated carbocycles. The molecule has 1 aromatic carbocycles. The quantitative estimate of drug-likeness (QED) is 0.525. The number of ether oxygens (including phenoxy) is 1. The molecule has 1 aliphatic heterocycles. The second-order valence-electron chi connectivity index (χ2n) is 4.66. The molecule has 0 bridgehead atoms. The molecular weight excluding hydrogens is 199 g/mol. The van der Waals surface area contributed by atoms with Crippen LogP contribution in [0.25, 0.3) is 0 Å². The maximum absolute atomic E-state index is 11.6. The van der Waals surface area contributed by atoms with Gasteiger partial charge in [-0.2, -0.15) is 0 Å². The van der Waals surface area contributed by atoms with E-state index in [9.17, 15) is 4.79 Å². The van der Waals surface area contributed by atoms with Crippen LogP contribution < -0.4 is 0 Å². The van der Waals surface area contributed by atoms with Gasteiger partial charge in [-0.15, -0.1) is 0 Å². The lowest BCUT2D eigenvalue weighted by molar-refractivity contribution is -0.141. The highest BCUT2D eigenvalue weighted by Crippen LogP contribution is 2.42. The van der Waals surface area contributed by atoms with Crippen LogP contribution in [0.4, 0.5) is 0 Å². The Kier molecular flexibility index (Phi) is 2.27. The van der Waals surface area contributed by atoms with E-state index in [1.807, 2.05) is 6.07 Å². The molecule has 1 aromatic rings. The molecule has 3 heteroatoms. The van der Waals surface area contributed by atoms with Gasteiger partial charge in [0.15, 0.2) is 0 Å². The number of cyclic esters (lactones) is 1. The molecule has 2 nitrogen and oxygen atoms in total. The number of hydrogen-bond acceptors (Lipinski definition) is 2. The summed E-state index contributed by atoms with van der Waals surface area (Å²) < 4.78 is 5.20. The number of carbonyl (C=O) groups is 1. The molecule has 1 unspecified atom stereocenters. The number of benzene rings is 1. The molecule has 1 aliphatic carbocycles. The van der Waals surface area contributed by atoms with Gasteiger partial charge in [0, 0.05) is 5.92 Å². The first kappa shape index (κ1) is 9.94. The van der Waals surface area contributed by atoms with Crippen molar-refractivity contribution in [1.29, 1.82) is 0 Å². The Bertz CT molecular complexity index is 430. The standard InChI is InChI=1S/C13H14BO2/c1-14-12-9-5-3-2-4-8(9)6-10-11(12)7-16-13(10)15/h2-5,10-12H,6-7H2,1H3/t10-,11-,12?/m0/s1. The fourth-order valence-corrected chi connectivity index (χ4v) is 3.10. The normalized spacial score (nSPS) is 31.6. The van der Waals surface area contributed by atoms with E-state index in [0.717, 1.165) is 6.42 Å². The predicted octanol–water partition coefficient (Wildman–Crippen LogP) is 1.83. The average Bonchev–Trinajstić information content (AvgIpc) is 2.68. The molecule has 0 aromatic heterocycles. The lowest BCUT2D eigenvalue weighted by Crippen LogP contribution is -2.32. The predicted molar refractivity (Wildman–Crippen MR) is 62.4 cm³/mol. The van der Waals surface area contributed by atoms with Crippen LogP contribution in [-0.2, 0) is 16.0 Å². The van der Waals surface area contributed by atoms with Crippen LogP contribution in [0, 0.1) is 11.8 Å². The largest absolute Gasteiger partial charge is 0.465 e. The molecular formula is C13H14BO2. The molecule has 1 radical (unpaired) electrons. The van der Waals surface area contributed by atoms with Gasteiger partial charge in [-0.1, -0.05) is 31.1 Å². The third kappa shape index (κ3) is 1.30. The lowest BCUT2D eigenvalue weighted by Gasteiger charge is -2.32. The Morgan fingerprint density at radius 2 is 2.19 bits per heavy atom. The molecule has 81 valence electrons. The summed E-state index contributed by atoms with van der Waals surface area (Å²) in [4.78, 5) is 11.6. The summed E-state index contributed by atoms with van der Waals surface area (Å²) in [6.45, 7) is 2.67. The van der Waals surface area contributed by atoms with E-state index in [4.69, 9.17) is 4.74 Å². The van der Waals surface area contributed by atoms with E-state index in [1.54, 1.807) is 0 Å². The van der Waals surface area contributed by atoms with Gasteiger partial charge < -0.3 is 4.74 Å². The second kappa shape index (κ2) is 3.65. The van der Waals surface area contributed by atoms with Gasteiger partial charge in [0.2, 0.25) is 0 Å². The molecule has 1 saturated heterocycles. The first-order valence-electron chi connectivity index (χ1n) is 5.85. The number of carbonyl (C=O) groups excluding carboxylic acids is 1. The monoisotopic (exact) mass is 213 g/mol. The van der Waals surface area contributed by atoms with Crippen LogP contribution in [0.3, 0.4) is 0 Å². The summed E-state index contributed by atoms with van der Waals surface area (Å²) in [6, 6.07) is 8.44. The van der Waals surface area contributed by atoms with E-state index in [-0.39, 0.29) is 11.9 Å². The number of fused-ring (bicyclic) bond motifs is 2. The minimum atomic E-state index is -0.00801. The Morgan fingerprint density at radius 1 is 1.38 bits per heavy atom. The third-order valence-electron chi connectivity index (χ3n) is 3.91. The van der Waals surface area contributed by atoms with E-state index < -0.39 is 0 Å². The maximum Gasteiger partial charge on any atom is 0.309 e. The average molecular weight is 213 g/mol. The topological polar surface area (TPSA) is 26.3 Å². The van der Waals surface area contributed by atoms with Crippen molar-refractivity contribution in [2.75, 3.05) is 6.61 Å². The van der Waals surface area contributed by atoms with Crippen LogP contribution in [0.2, 0.25) is 6.82 Å². The molecule has 3 atom stereocenters. The van der Waals surface area contributed by atoms with Crippen molar-refractivity contribution < 1.29 is 9.53 Å². The van der Waals surface area contributed by atoms with E-state index in [0.29, 0.717) is 18.3 Å². The summed E-state index contributed by atoms with van der Waals surface area (Å²) in [7, 11) is 2.21. The van der Waals surface area contributed by atoms with Crippen LogP contribution in [-0.4, -0.2) is 19.9 Å². The van der Waals surface area contributed by atoms with Crippen LogP contribution in [0.5, 0.6) is 0 Å². The van der Waals surface area contributed by atoms with Crippen molar-refractivity contribution in [3.05, 3.63) is 35.4 Å². The maximum atomic E-state index is 11.6. The summed E-state index contributed by atoms with van der Waals surface area (Å²) in [5.74, 6) is 0.802.